The van der Waals surface area contributed by atoms with Crippen molar-refractivity contribution in [3.63, 3.8) is 0 Å². The molecule has 1 heterocycles. The third kappa shape index (κ3) is 4.60. The number of rotatable bonds is 9. The van der Waals surface area contributed by atoms with Gasteiger partial charge in [0.2, 0.25) is 0 Å². The van der Waals surface area contributed by atoms with Gasteiger partial charge in [0.05, 0.1) is 6.61 Å². The Hall–Kier alpha value is -1.28. The fourth-order valence-electron chi connectivity index (χ4n) is 1.95. The second-order valence-corrected chi connectivity index (χ2v) is 6.01. The summed E-state index contributed by atoms with van der Waals surface area (Å²) in [6, 6.07) is 0.0568. The van der Waals surface area contributed by atoms with Crippen LogP contribution < -0.4 is 11.0 Å². The average molecular weight is 314 g/mol. The fraction of sp³-hybridized carbons (Fsp3) is 0.769. The summed E-state index contributed by atoms with van der Waals surface area (Å²) in [6.07, 6.45) is 3.06. The third-order valence-electron chi connectivity index (χ3n) is 3.13. The van der Waals surface area contributed by atoms with Gasteiger partial charge in [-0.1, -0.05) is 18.7 Å². The number of nitrogens with zero attached hydrogens (tertiary/aromatic N) is 2. The predicted molar refractivity (Wildman–Crippen MR) is 80.4 cm³/mol. The van der Waals surface area contributed by atoms with E-state index >= 15 is 0 Å². The monoisotopic (exact) mass is 314 g/mol. The number of hydrogen-bond donors (Lipinski definition) is 2. The van der Waals surface area contributed by atoms with Crippen LogP contribution in [0.5, 0.6) is 0 Å². The van der Waals surface area contributed by atoms with Gasteiger partial charge in [-0.3, -0.25) is 9.36 Å². The highest BCUT2D eigenvalue weighted by atomic mass is 32.2. The highest BCUT2D eigenvalue weighted by Gasteiger charge is 2.29. The van der Waals surface area contributed by atoms with Crippen molar-refractivity contribution in [2.24, 2.45) is 0 Å². The zero-order valence-electron chi connectivity index (χ0n) is 12.4. The van der Waals surface area contributed by atoms with Gasteiger partial charge in [-0.05, 0) is 26.2 Å². The van der Waals surface area contributed by atoms with Gasteiger partial charge in [-0.2, -0.15) is 0 Å². The molecule has 1 aromatic rings. The zero-order valence-corrected chi connectivity index (χ0v) is 13.2. The van der Waals surface area contributed by atoms with E-state index in [0.717, 1.165) is 19.3 Å². The molecule has 0 radical (unpaired) electrons. The van der Waals surface area contributed by atoms with E-state index in [-0.39, 0.29) is 17.7 Å². The first-order valence-corrected chi connectivity index (χ1v) is 8.35. The molecule has 7 nitrogen and oxygen atoms in total. The molecule has 1 aromatic heterocycles. The van der Waals surface area contributed by atoms with Crippen molar-refractivity contribution in [3.05, 3.63) is 10.5 Å². The van der Waals surface area contributed by atoms with Crippen LogP contribution in [0.15, 0.2) is 9.95 Å². The van der Waals surface area contributed by atoms with Crippen molar-refractivity contribution < 1.29 is 9.53 Å². The molecule has 0 aliphatic heterocycles. The van der Waals surface area contributed by atoms with E-state index in [0.29, 0.717) is 30.1 Å². The normalized spacial score (nSPS) is 15.9. The smallest absolute Gasteiger partial charge is 0.343 e. The zero-order chi connectivity index (χ0) is 15.2. The number of ether oxygens (including phenoxy) is 1. The highest BCUT2D eigenvalue weighted by Crippen LogP contribution is 2.22. The Morgan fingerprint density at radius 2 is 2.33 bits per heavy atom. The molecule has 1 unspecified atom stereocenters. The van der Waals surface area contributed by atoms with Crippen molar-refractivity contribution in [1.82, 2.24) is 20.1 Å². The number of carbonyl (C=O) groups is 1. The van der Waals surface area contributed by atoms with Crippen LogP contribution >= 0.6 is 11.8 Å². The van der Waals surface area contributed by atoms with Crippen LogP contribution in [-0.4, -0.2) is 45.2 Å². The summed E-state index contributed by atoms with van der Waals surface area (Å²) < 4.78 is 6.69. The minimum Gasteiger partial charge on any atom is -0.465 e. The summed E-state index contributed by atoms with van der Waals surface area (Å²) in [4.78, 5) is 23.6. The number of carbonyl (C=O) groups excluding carboxylic acids is 1. The van der Waals surface area contributed by atoms with Gasteiger partial charge in [0.15, 0.2) is 5.16 Å². The molecule has 21 heavy (non-hydrogen) atoms. The summed E-state index contributed by atoms with van der Waals surface area (Å²) >= 11 is 1.40. The van der Waals surface area contributed by atoms with Gasteiger partial charge in [0.1, 0.15) is 6.04 Å². The lowest BCUT2D eigenvalue weighted by Crippen LogP contribution is -2.41. The van der Waals surface area contributed by atoms with Crippen LogP contribution in [0, 0.1) is 0 Å². The molecular weight excluding hydrogens is 292 g/mol. The standard InChI is InChI=1S/C13H22N4O3S/c1-3-7-17-12(19)15-16-13(17)21-8-10(11(18)20-4-2)14-9-5-6-9/h9-10,14H,3-8H2,1-2H3,(H,15,19). The van der Waals surface area contributed by atoms with E-state index in [1.165, 1.54) is 11.8 Å². The lowest BCUT2D eigenvalue weighted by Gasteiger charge is -2.16. The Bertz CT molecular complexity index is 524. The van der Waals surface area contributed by atoms with Crippen molar-refractivity contribution >= 4 is 17.7 Å². The lowest BCUT2D eigenvalue weighted by molar-refractivity contribution is -0.145. The topological polar surface area (TPSA) is 89.0 Å². The number of aromatic amines is 1. The summed E-state index contributed by atoms with van der Waals surface area (Å²) in [5.74, 6) is 0.264. The highest BCUT2D eigenvalue weighted by molar-refractivity contribution is 7.99. The van der Waals surface area contributed by atoms with Gasteiger partial charge in [0.25, 0.3) is 0 Å². The molecule has 1 fully saturated rings. The molecule has 1 aliphatic rings. The number of nitrogens with one attached hydrogen (secondary N) is 2. The minimum absolute atomic E-state index is 0.206. The predicted octanol–water partition coefficient (Wildman–Crippen LogP) is 0.757. The van der Waals surface area contributed by atoms with E-state index in [1.54, 1.807) is 11.5 Å². The van der Waals surface area contributed by atoms with Crippen molar-refractivity contribution in [2.45, 2.75) is 56.9 Å². The molecule has 1 aliphatic carbocycles. The molecule has 0 saturated heterocycles. The third-order valence-corrected chi connectivity index (χ3v) is 4.20. The quantitative estimate of drug-likeness (QED) is 0.517. The lowest BCUT2D eigenvalue weighted by atomic mass is 10.3. The number of H-pyrrole nitrogens is 1. The van der Waals surface area contributed by atoms with Crippen LogP contribution in [0.3, 0.4) is 0 Å². The Morgan fingerprint density at radius 1 is 1.57 bits per heavy atom. The van der Waals surface area contributed by atoms with E-state index in [2.05, 4.69) is 15.5 Å². The van der Waals surface area contributed by atoms with Crippen LogP contribution in [0.2, 0.25) is 0 Å². The molecule has 0 amide bonds. The molecule has 118 valence electrons. The van der Waals surface area contributed by atoms with Crippen LogP contribution in [0.4, 0.5) is 0 Å². The number of thioether (sulfide) groups is 1. The Labute approximate surface area is 127 Å². The van der Waals surface area contributed by atoms with Crippen LogP contribution in [-0.2, 0) is 16.1 Å². The summed E-state index contributed by atoms with van der Waals surface area (Å²) in [5, 5.41) is 10.4. The maximum Gasteiger partial charge on any atom is 0.343 e. The fourth-order valence-corrected chi connectivity index (χ4v) is 2.94. The Balaban J connectivity index is 1.96. The van der Waals surface area contributed by atoms with Gasteiger partial charge in [0, 0.05) is 18.3 Å². The first-order chi connectivity index (χ1) is 10.2. The first-order valence-electron chi connectivity index (χ1n) is 7.36. The molecule has 2 N–H and O–H groups in total. The molecule has 0 spiro atoms. The maximum absolute atomic E-state index is 11.9. The molecule has 0 aromatic carbocycles. The van der Waals surface area contributed by atoms with Gasteiger partial charge >= 0.3 is 11.7 Å². The maximum atomic E-state index is 11.9. The second-order valence-electron chi connectivity index (χ2n) is 5.02. The van der Waals surface area contributed by atoms with E-state index in [4.69, 9.17) is 4.74 Å². The Kier molecular flexibility index (Phi) is 5.86. The number of hydrogen-bond acceptors (Lipinski definition) is 6. The SMILES string of the molecule is CCCn1c(SCC(NC2CC2)C(=O)OCC)n[nH]c1=O. The summed E-state index contributed by atoms with van der Waals surface area (Å²) in [7, 11) is 0. The number of aromatic nitrogens is 3. The summed E-state index contributed by atoms with van der Waals surface area (Å²) in [5.41, 5.74) is -0.206. The molecular formula is C13H22N4O3S. The molecule has 8 heteroatoms. The summed E-state index contributed by atoms with van der Waals surface area (Å²) in [6.45, 7) is 4.79. The molecule has 0 bridgehead atoms. The van der Waals surface area contributed by atoms with Crippen molar-refractivity contribution in [2.75, 3.05) is 12.4 Å². The largest absolute Gasteiger partial charge is 0.465 e. The van der Waals surface area contributed by atoms with Crippen molar-refractivity contribution in [3.8, 4) is 0 Å². The van der Waals surface area contributed by atoms with E-state index in [9.17, 15) is 9.59 Å². The van der Waals surface area contributed by atoms with E-state index in [1.807, 2.05) is 6.92 Å². The molecule has 1 saturated carbocycles. The average Bonchev–Trinajstić information content (AvgIpc) is 3.22. The van der Waals surface area contributed by atoms with Gasteiger partial charge < -0.3 is 10.1 Å². The number of esters is 1. The molecule has 2 rings (SSSR count). The minimum atomic E-state index is -0.357. The Morgan fingerprint density at radius 3 is 2.95 bits per heavy atom. The van der Waals surface area contributed by atoms with Crippen LogP contribution in [0.25, 0.3) is 0 Å². The van der Waals surface area contributed by atoms with Crippen molar-refractivity contribution in [1.29, 1.82) is 0 Å². The second kappa shape index (κ2) is 7.65. The van der Waals surface area contributed by atoms with E-state index < -0.39 is 0 Å². The van der Waals surface area contributed by atoms with Crippen LogP contribution in [0.1, 0.15) is 33.1 Å². The first kappa shape index (κ1) is 16.1. The molecule has 1 atom stereocenters. The van der Waals surface area contributed by atoms with Gasteiger partial charge in [-0.15, -0.1) is 5.10 Å². The van der Waals surface area contributed by atoms with Gasteiger partial charge in [-0.25, -0.2) is 9.89 Å².